The van der Waals surface area contributed by atoms with Gasteiger partial charge in [0.05, 0.1) is 5.56 Å². The lowest BCUT2D eigenvalue weighted by atomic mass is 10.1. The van der Waals surface area contributed by atoms with E-state index in [1.807, 2.05) is 4.90 Å². The van der Waals surface area contributed by atoms with Gasteiger partial charge in [-0.2, -0.15) is 13.2 Å². The standard InChI is InChI=1S/C25H23ClF3N5O2/c26-22-13-23(31-15-30-22)36-19-5-6-21-16(11-19)7-10-34(21)24(35)32-18-4-3-17(14-33-8-1-2-9-33)20(12-18)25(27,28)29/h3-6,11-13,15H,1-2,7-10,14H2,(H,32,35). The van der Waals surface area contributed by atoms with Gasteiger partial charge in [0.25, 0.3) is 0 Å². The maximum absolute atomic E-state index is 13.8. The van der Waals surface area contributed by atoms with Gasteiger partial charge in [0.15, 0.2) is 0 Å². The minimum atomic E-state index is -4.51. The van der Waals surface area contributed by atoms with Crippen LogP contribution in [0.5, 0.6) is 11.6 Å². The minimum absolute atomic E-state index is 0.103. The predicted molar refractivity (Wildman–Crippen MR) is 130 cm³/mol. The number of rotatable bonds is 5. The molecular formula is C25H23ClF3N5O2. The van der Waals surface area contributed by atoms with E-state index in [0.717, 1.165) is 37.6 Å². The summed E-state index contributed by atoms with van der Waals surface area (Å²) in [6, 6.07) is 10.2. The molecule has 3 aromatic rings. The van der Waals surface area contributed by atoms with Crippen LogP contribution in [0, 0.1) is 0 Å². The van der Waals surface area contributed by atoms with Gasteiger partial charge in [-0.05, 0) is 73.8 Å². The molecule has 2 aliphatic rings. The molecule has 7 nitrogen and oxygen atoms in total. The number of alkyl halides is 3. The van der Waals surface area contributed by atoms with E-state index in [1.165, 1.54) is 29.4 Å². The summed E-state index contributed by atoms with van der Waals surface area (Å²) in [5, 5.41) is 2.88. The number of hydrogen-bond acceptors (Lipinski definition) is 5. The van der Waals surface area contributed by atoms with Crippen LogP contribution in [0.3, 0.4) is 0 Å². The number of benzene rings is 2. The van der Waals surface area contributed by atoms with Crippen LogP contribution in [0.4, 0.5) is 29.3 Å². The predicted octanol–water partition coefficient (Wildman–Crippen LogP) is 6.13. The maximum atomic E-state index is 13.8. The van der Waals surface area contributed by atoms with Crippen molar-refractivity contribution < 1.29 is 22.7 Å². The molecule has 1 N–H and O–H groups in total. The summed E-state index contributed by atoms with van der Waals surface area (Å²) >= 11 is 5.86. The molecule has 11 heteroatoms. The topological polar surface area (TPSA) is 70.6 Å². The molecule has 2 amide bonds. The number of aromatic nitrogens is 2. The first-order valence-electron chi connectivity index (χ1n) is 11.6. The highest BCUT2D eigenvalue weighted by atomic mass is 35.5. The Morgan fingerprint density at radius 1 is 1.06 bits per heavy atom. The molecule has 5 rings (SSSR count). The SMILES string of the molecule is O=C(Nc1ccc(CN2CCCC2)c(C(F)(F)F)c1)N1CCc2cc(Oc3cc(Cl)ncn3)ccc21. The Morgan fingerprint density at radius 2 is 1.86 bits per heavy atom. The van der Waals surface area contributed by atoms with Gasteiger partial charge < -0.3 is 10.1 Å². The third kappa shape index (κ3) is 5.39. The molecule has 2 aromatic carbocycles. The van der Waals surface area contributed by atoms with Crippen LogP contribution in [0.25, 0.3) is 0 Å². The van der Waals surface area contributed by atoms with Crippen LogP contribution in [-0.2, 0) is 19.1 Å². The normalized spacial score (nSPS) is 15.7. The molecule has 0 unspecified atom stereocenters. The van der Waals surface area contributed by atoms with Gasteiger partial charge in [0.1, 0.15) is 17.2 Å². The molecule has 1 fully saturated rings. The number of amides is 2. The number of carbonyl (C=O) groups excluding carboxylic acids is 1. The molecule has 1 saturated heterocycles. The summed E-state index contributed by atoms with van der Waals surface area (Å²) in [6.07, 6.45) is -0.654. The second-order valence-electron chi connectivity index (χ2n) is 8.76. The lowest BCUT2D eigenvalue weighted by molar-refractivity contribution is -0.138. The average Bonchev–Trinajstić information content (AvgIpc) is 3.49. The summed E-state index contributed by atoms with van der Waals surface area (Å²) in [6.45, 7) is 2.23. The van der Waals surface area contributed by atoms with Crippen molar-refractivity contribution in [1.29, 1.82) is 0 Å². The Labute approximate surface area is 210 Å². The number of likely N-dealkylation sites (tertiary alicyclic amines) is 1. The van der Waals surface area contributed by atoms with Gasteiger partial charge in [0, 0.05) is 30.5 Å². The fourth-order valence-corrected chi connectivity index (χ4v) is 4.71. The van der Waals surface area contributed by atoms with E-state index in [0.29, 0.717) is 24.4 Å². The summed E-state index contributed by atoms with van der Waals surface area (Å²) in [7, 11) is 0. The zero-order valence-corrected chi connectivity index (χ0v) is 19.9. The summed E-state index contributed by atoms with van der Waals surface area (Å²) in [5.74, 6) is 0.811. The van der Waals surface area contributed by atoms with E-state index < -0.39 is 17.8 Å². The number of fused-ring (bicyclic) bond motifs is 1. The zero-order valence-electron chi connectivity index (χ0n) is 19.2. The second kappa shape index (κ2) is 9.94. The number of anilines is 2. The fourth-order valence-electron chi connectivity index (χ4n) is 4.58. The third-order valence-electron chi connectivity index (χ3n) is 6.28. The highest BCUT2D eigenvalue weighted by Crippen LogP contribution is 2.36. The second-order valence-corrected chi connectivity index (χ2v) is 9.14. The Hall–Kier alpha value is -3.37. The van der Waals surface area contributed by atoms with Crippen molar-refractivity contribution in [2.24, 2.45) is 0 Å². The molecule has 1 aromatic heterocycles. The van der Waals surface area contributed by atoms with Crippen molar-refractivity contribution in [2.45, 2.75) is 32.0 Å². The Kier molecular flexibility index (Phi) is 6.72. The number of nitrogens with one attached hydrogen (secondary N) is 1. The molecule has 188 valence electrons. The molecule has 3 heterocycles. The molecule has 0 saturated carbocycles. The van der Waals surface area contributed by atoms with E-state index in [-0.39, 0.29) is 28.8 Å². The number of ether oxygens (including phenoxy) is 1. The molecule has 0 radical (unpaired) electrons. The first-order valence-corrected chi connectivity index (χ1v) is 11.9. The summed E-state index contributed by atoms with van der Waals surface area (Å²) < 4.78 is 47.1. The smallest absolute Gasteiger partial charge is 0.416 e. The molecule has 0 spiro atoms. The van der Waals surface area contributed by atoms with E-state index in [4.69, 9.17) is 16.3 Å². The van der Waals surface area contributed by atoms with Gasteiger partial charge in [-0.25, -0.2) is 14.8 Å². The van der Waals surface area contributed by atoms with Gasteiger partial charge in [-0.3, -0.25) is 9.80 Å². The van der Waals surface area contributed by atoms with Crippen LogP contribution in [0.15, 0.2) is 48.8 Å². The fraction of sp³-hybridized carbons (Fsp3) is 0.320. The van der Waals surface area contributed by atoms with Crippen LogP contribution < -0.4 is 15.0 Å². The van der Waals surface area contributed by atoms with E-state index in [2.05, 4.69) is 15.3 Å². The van der Waals surface area contributed by atoms with E-state index >= 15 is 0 Å². The zero-order chi connectivity index (χ0) is 25.3. The first-order chi connectivity index (χ1) is 17.3. The number of halogens is 4. The van der Waals surface area contributed by atoms with E-state index in [1.54, 1.807) is 18.2 Å². The first kappa shape index (κ1) is 24.3. The van der Waals surface area contributed by atoms with Crippen molar-refractivity contribution in [1.82, 2.24) is 14.9 Å². The number of hydrogen-bond donors (Lipinski definition) is 1. The van der Waals surface area contributed by atoms with Crippen molar-refractivity contribution in [3.63, 3.8) is 0 Å². The van der Waals surface area contributed by atoms with Crippen molar-refractivity contribution in [3.8, 4) is 11.6 Å². The Balaban J connectivity index is 1.30. The van der Waals surface area contributed by atoms with Gasteiger partial charge >= 0.3 is 12.2 Å². The largest absolute Gasteiger partial charge is 0.439 e. The van der Waals surface area contributed by atoms with Gasteiger partial charge in [-0.15, -0.1) is 0 Å². The van der Waals surface area contributed by atoms with Gasteiger partial charge in [0.2, 0.25) is 5.88 Å². The molecule has 2 aliphatic heterocycles. The lowest BCUT2D eigenvalue weighted by Gasteiger charge is -2.21. The molecular weight excluding hydrogens is 495 g/mol. The van der Waals surface area contributed by atoms with Crippen molar-refractivity contribution >= 4 is 29.0 Å². The summed E-state index contributed by atoms with van der Waals surface area (Å²) in [5.41, 5.74) is 1.14. The highest BCUT2D eigenvalue weighted by molar-refractivity contribution is 6.29. The van der Waals surface area contributed by atoms with Crippen LogP contribution in [0.2, 0.25) is 5.15 Å². The Morgan fingerprint density at radius 3 is 2.61 bits per heavy atom. The molecule has 36 heavy (non-hydrogen) atoms. The molecule has 0 aliphatic carbocycles. The molecule has 0 bridgehead atoms. The molecule has 0 atom stereocenters. The maximum Gasteiger partial charge on any atom is 0.416 e. The highest BCUT2D eigenvalue weighted by Gasteiger charge is 2.34. The monoisotopic (exact) mass is 517 g/mol. The number of urea groups is 1. The lowest BCUT2D eigenvalue weighted by Crippen LogP contribution is -2.33. The number of nitrogens with zero attached hydrogens (tertiary/aromatic N) is 4. The average molecular weight is 518 g/mol. The van der Waals surface area contributed by atoms with Crippen LogP contribution in [-0.4, -0.2) is 40.5 Å². The number of carbonyl (C=O) groups is 1. The summed E-state index contributed by atoms with van der Waals surface area (Å²) in [4.78, 5) is 24.3. The minimum Gasteiger partial charge on any atom is -0.439 e. The quantitative estimate of drug-likeness (QED) is 0.412. The van der Waals surface area contributed by atoms with Crippen LogP contribution >= 0.6 is 11.6 Å². The van der Waals surface area contributed by atoms with Crippen molar-refractivity contribution in [3.05, 3.63) is 70.6 Å². The van der Waals surface area contributed by atoms with E-state index in [9.17, 15) is 18.0 Å². The van der Waals surface area contributed by atoms with Crippen LogP contribution in [0.1, 0.15) is 29.5 Å². The van der Waals surface area contributed by atoms with Crippen molar-refractivity contribution in [2.75, 3.05) is 29.9 Å². The van der Waals surface area contributed by atoms with Gasteiger partial charge in [-0.1, -0.05) is 17.7 Å². The third-order valence-corrected chi connectivity index (χ3v) is 6.49. The Bertz CT molecular complexity index is 1280.